The molecule has 0 atom stereocenters. The Morgan fingerprint density at radius 2 is 2.06 bits per heavy atom. The first kappa shape index (κ1) is 12.8. The number of nitrogens with zero attached hydrogens (tertiary/aromatic N) is 1. The maximum absolute atomic E-state index is 13.3. The van der Waals surface area contributed by atoms with E-state index in [9.17, 15) is 4.39 Å². The Kier molecular flexibility index (Phi) is 3.80. The molecular formula is C15H19FN2. The summed E-state index contributed by atoms with van der Waals surface area (Å²) in [5.74, 6) is 0.338. The van der Waals surface area contributed by atoms with Crippen LogP contribution in [-0.4, -0.2) is 11.5 Å². The first-order valence-electron chi connectivity index (χ1n) is 6.43. The first-order valence-corrected chi connectivity index (χ1v) is 6.43. The van der Waals surface area contributed by atoms with Crippen LogP contribution in [0, 0.1) is 11.7 Å². The number of hydrogen-bond acceptors (Lipinski definition) is 2. The highest BCUT2D eigenvalue weighted by Gasteiger charge is 2.07. The second-order valence-corrected chi connectivity index (χ2v) is 4.95. The molecule has 0 amide bonds. The number of anilines is 1. The van der Waals surface area contributed by atoms with Crippen molar-refractivity contribution in [3.63, 3.8) is 0 Å². The van der Waals surface area contributed by atoms with Crippen LogP contribution in [0.1, 0.15) is 26.5 Å². The SMILES string of the molecule is CCNc1cc(CC(C)C)nc2ccc(F)cc12. The summed E-state index contributed by atoms with van der Waals surface area (Å²) in [5.41, 5.74) is 2.88. The van der Waals surface area contributed by atoms with Gasteiger partial charge in [0.15, 0.2) is 0 Å². The lowest BCUT2D eigenvalue weighted by Crippen LogP contribution is -2.03. The lowest BCUT2D eigenvalue weighted by molar-refractivity contribution is 0.628. The molecular weight excluding hydrogens is 227 g/mol. The Bertz CT molecular complexity index is 549. The molecule has 0 spiro atoms. The minimum atomic E-state index is -0.222. The van der Waals surface area contributed by atoms with Crippen LogP contribution in [0.5, 0.6) is 0 Å². The van der Waals surface area contributed by atoms with Crippen molar-refractivity contribution >= 4 is 16.6 Å². The molecule has 0 bridgehead atoms. The second kappa shape index (κ2) is 5.34. The summed E-state index contributed by atoms with van der Waals surface area (Å²) in [4.78, 5) is 4.59. The first-order chi connectivity index (χ1) is 8.60. The van der Waals surface area contributed by atoms with E-state index in [1.54, 1.807) is 12.1 Å². The van der Waals surface area contributed by atoms with Crippen LogP contribution in [0.15, 0.2) is 24.3 Å². The van der Waals surface area contributed by atoms with E-state index in [0.29, 0.717) is 5.92 Å². The minimum Gasteiger partial charge on any atom is -0.385 e. The lowest BCUT2D eigenvalue weighted by Gasteiger charge is -2.12. The van der Waals surface area contributed by atoms with Crippen LogP contribution in [0.25, 0.3) is 10.9 Å². The average Bonchev–Trinajstić information content (AvgIpc) is 2.29. The van der Waals surface area contributed by atoms with E-state index in [1.807, 2.05) is 13.0 Å². The number of rotatable bonds is 4. The standard InChI is InChI=1S/C15H19FN2/c1-4-17-15-9-12(7-10(2)3)18-14-6-5-11(16)8-13(14)15/h5-6,8-10H,4,7H2,1-3H3,(H,17,18). The van der Waals surface area contributed by atoms with E-state index in [2.05, 4.69) is 24.1 Å². The fourth-order valence-electron chi connectivity index (χ4n) is 2.11. The van der Waals surface area contributed by atoms with Gasteiger partial charge in [-0.05, 0) is 43.5 Å². The topological polar surface area (TPSA) is 24.9 Å². The van der Waals surface area contributed by atoms with Crippen molar-refractivity contribution in [3.05, 3.63) is 35.8 Å². The van der Waals surface area contributed by atoms with E-state index in [4.69, 9.17) is 0 Å². The molecule has 96 valence electrons. The summed E-state index contributed by atoms with van der Waals surface area (Å²) < 4.78 is 13.3. The zero-order valence-corrected chi connectivity index (χ0v) is 11.1. The van der Waals surface area contributed by atoms with Gasteiger partial charge in [-0.3, -0.25) is 4.98 Å². The Hall–Kier alpha value is -1.64. The maximum atomic E-state index is 13.3. The molecule has 18 heavy (non-hydrogen) atoms. The van der Waals surface area contributed by atoms with Gasteiger partial charge in [0.25, 0.3) is 0 Å². The molecule has 1 heterocycles. The molecule has 1 N–H and O–H groups in total. The van der Waals surface area contributed by atoms with E-state index >= 15 is 0 Å². The summed E-state index contributed by atoms with van der Waals surface area (Å²) in [7, 11) is 0. The number of aromatic nitrogens is 1. The van der Waals surface area contributed by atoms with Gasteiger partial charge < -0.3 is 5.32 Å². The highest BCUT2D eigenvalue weighted by Crippen LogP contribution is 2.25. The number of benzene rings is 1. The highest BCUT2D eigenvalue weighted by atomic mass is 19.1. The normalized spacial score (nSPS) is 11.2. The fraction of sp³-hybridized carbons (Fsp3) is 0.400. The summed E-state index contributed by atoms with van der Waals surface area (Å²) in [5, 5.41) is 4.14. The third-order valence-electron chi connectivity index (χ3n) is 2.81. The Labute approximate surface area is 107 Å². The third-order valence-corrected chi connectivity index (χ3v) is 2.81. The minimum absolute atomic E-state index is 0.222. The van der Waals surface area contributed by atoms with Crippen LogP contribution in [0.3, 0.4) is 0 Å². The highest BCUT2D eigenvalue weighted by molar-refractivity contribution is 5.91. The van der Waals surface area contributed by atoms with Gasteiger partial charge in [-0.1, -0.05) is 13.8 Å². The van der Waals surface area contributed by atoms with Gasteiger partial charge in [-0.15, -0.1) is 0 Å². The van der Waals surface area contributed by atoms with Gasteiger partial charge in [0.1, 0.15) is 5.82 Å². The van der Waals surface area contributed by atoms with Crippen molar-refractivity contribution < 1.29 is 4.39 Å². The number of pyridine rings is 1. The van der Waals surface area contributed by atoms with E-state index in [0.717, 1.165) is 35.2 Å². The molecule has 2 aromatic rings. The number of nitrogens with one attached hydrogen (secondary N) is 1. The van der Waals surface area contributed by atoms with Crippen LogP contribution in [0.2, 0.25) is 0 Å². The van der Waals surface area contributed by atoms with Gasteiger partial charge in [0.05, 0.1) is 5.52 Å². The van der Waals surface area contributed by atoms with Gasteiger partial charge in [-0.2, -0.15) is 0 Å². The predicted octanol–water partition coefficient (Wildman–Crippen LogP) is 4.00. The number of fused-ring (bicyclic) bond motifs is 1. The maximum Gasteiger partial charge on any atom is 0.124 e. The van der Waals surface area contributed by atoms with Crippen LogP contribution in [0.4, 0.5) is 10.1 Å². The monoisotopic (exact) mass is 246 g/mol. The molecule has 0 radical (unpaired) electrons. The van der Waals surface area contributed by atoms with E-state index in [-0.39, 0.29) is 5.82 Å². The molecule has 1 aromatic carbocycles. The smallest absolute Gasteiger partial charge is 0.124 e. The van der Waals surface area contributed by atoms with Gasteiger partial charge in [0, 0.05) is 23.3 Å². The van der Waals surface area contributed by atoms with Crippen molar-refractivity contribution in [1.82, 2.24) is 4.98 Å². The molecule has 0 saturated carbocycles. The molecule has 0 aliphatic rings. The molecule has 2 rings (SSSR count). The van der Waals surface area contributed by atoms with Gasteiger partial charge in [0.2, 0.25) is 0 Å². The van der Waals surface area contributed by atoms with Crippen LogP contribution in [-0.2, 0) is 6.42 Å². The molecule has 0 aliphatic heterocycles. The fourth-order valence-corrected chi connectivity index (χ4v) is 2.11. The van der Waals surface area contributed by atoms with Crippen LogP contribution >= 0.6 is 0 Å². The molecule has 0 fully saturated rings. The van der Waals surface area contributed by atoms with Gasteiger partial charge >= 0.3 is 0 Å². The molecule has 2 nitrogen and oxygen atoms in total. The molecule has 0 aliphatic carbocycles. The van der Waals surface area contributed by atoms with Crippen LogP contribution < -0.4 is 5.32 Å². The molecule has 3 heteroatoms. The number of halogens is 1. The van der Waals surface area contributed by atoms with Crippen molar-refractivity contribution in [1.29, 1.82) is 0 Å². The van der Waals surface area contributed by atoms with Gasteiger partial charge in [-0.25, -0.2) is 4.39 Å². The summed E-state index contributed by atoms with van der Waals surface area (Å²) in [6.45, 7) is 7.19. The van der Waals surface area contributed by atoms with Crippen molar-refractivity contribution in [3.8, 4) is 0 Å². The Morgan fingerprint density at radius 3 is 2.72 bits per heavy atom. The molecule has 1 aromatic heterocycles. The van der Waals surface area contributed by atoms with E-state index in [1.165, 1.54) is 6.07 Å². The van der Waals surface area contributed by atoms with E-state index < -0.39 is 0 Å². The quantitative estimate of drug-likeness (QED) is 0.881. The Balaban J connectivity index is 2.55. The largest absolute Gasteiger partial charge is 0.385 e. The molecule has 0 saturated heterocycles. The van der Waals surface area contributed by atoms with Crippen molar-refractivity contribution in [2.24, 2.45) is 5.92 Å². The second-order valence-electron chi connectivity index (χ2n) is 4.95. The molecule has 0 unspecified atom stereocenters. The Morgan fingerprint density at radius 1 is 1.28 bits per heavy atom. The lowest BCUT2D eigenvalue weighted by atomic mass is 10.1. The predicted molar refractivity (Wildman–Crippen MR) is 74.4 cm³/mol. The van der Waals surface area contributed by atoms with Crippen molar-refractivity contribution in [2.75, 3.05) is 11.9 Å². The summed E-state index contributed by atoms with van der Waals surface area (Å²) in [6.07, 6.45) is 0.936. The zero-order valence-electron chi connectivity index (χ0n) is 11.1. The zero-order chi connectivity index (χ0) is 13.1. The summed E-state index contributed by atoms with van der Waals surface area (Å²) >= 11 is 0. The number of hydrogen-bond donors (Lipinski definition) is 1. The average molecular weight is 246 g/mol. The summed E-state index contributed by atoms with van der Waals surface area (Å²) in [6, 6.07) is 6.78. The third kappa shape index (κ3) is 2.78. The van der Waals surface area contributed by atoms with Crippen molar-refractivity contribution in [2.45, 2.75) is 27.2 Å².